The molecule has 1 heterocycles. The van der Waals surface area contributed by atoms with Gasteiger partial charge in [0.2, 0.25) is 0 Å². The van der Waals surface area contributed by atoms with Crippen LogP contribution in [0.25, 0.3) is 0 Å². The molecule has 2 aromatic rings. The van der Waals surface area contributed by atoms with Crippen LogP contribution in [0.2, 0.25) is 0 Å². The maximum atomic E-state index is 9.29. The molecule has 1 aromatic carbocycles. The van der Waals surface area contributed by atoms with Gasteiger partial charge in [0.05, 0.1) is 17.2 Å². The second-order valence-corrected chi connectivity index (χ2v) is 6.14. The van der Waals surface area contributed by atoms with Crippen molar-refractivity contribution in [3.63, 3.8) is 0 Å². The van der Waals surface area contributed by atoms with Crippen LogP contribution in [-0.4, -0.2) is 10.1 Å². The Bertz CT molecular complexity index is 542. The van der Waals surface area contributed by atoms with Crippen LogP contribution in [0.3, 0.4) is 0 Å². The average Bonchev–Trinajstić information content (AvgIpc) is 2.87. The maximum absolute atomic E-state index is 9.29. The van der Waals surface area contributed by atoms with E-state index in [0.717, 1.165) is 27.7 Å². The first kappa shape index (κ1) is 15.0. The fraction of sp³-hybridized carbons (Fsp3) is 0.438. The third-order valence-electron chi connectivity index (χ3n) is 3.19. The van der Waals surface area contributed by atoms with Crippen molar-refractivity contribution in [2.24, 2.45) is 0 Å². The fourth-order valence-corrected chi connectivity index (χ4v) is 3.06. The Labute approximate surface area is 124 Å². The lowest BCUT2D eigenvalue weighted by atomic mass is 10.0. The Hall–Kier alpha value is -1.39. The molecule has 2 rings (SSSR count). The monoisotopic (exact) mass is 291 g/mol. The molecule has 0 unspecified atom stereocenters. The van der Waals surface area contributed by atoms with Gasteiger partial charge in [-0.15, -0.1) is 11.3 Å². The number of aliphatic hydroxyl groups excluding tert-OH is 1. The predicted octanol–water partition coefficient (Wildman–Crippen LogP) is 3.90. The molecule has 0 atom stereocenters. The molecule has 108 valence electrons. The van der Waals surface area contributed by atoms with Crippen LogP contribution in [0.5, 0.6) is 5.75 Å². The molecule has 0 aliphatic carbocycles. The third-order valence-corrected chi connectivity index (χ3v) is 4.25. The van der Waals surface area contributed by atoms with E-state index >= 15 is 0 Å². The molecule has 0 aliphatic heterocycles. The van der Waals surface area contributed by atoms with E-state index in [2.05, 4.69) is 24.9 Å². The Morgan fingerprint density at radius 2 is 2.05 bits per heavy atom. The van der Waals surface area contributed by atoms with Crippen molar-refractivity contribution in [2.45, 2.75) is 46.3 Å². The maximum Gasteiger partial charge on any atom is 0.140 e. The quantitative estimate of drug-likeness (QED) is 0.877. The third kappa shape index (κ3) is 3.38. The Morgan fingerprint density at radius 3 is 2.65 bits per heavy atom. The first-order valence-electron chi connectivity index (χ1n) is 6.95. The van der Waals surface area contributed by atoms with Gasteiger partial charge in [-0.05, 0) is 24.0 Å². The van der Waals surface area contributed by atoms with Gasteiger partial charge in [0.15, 0.2) is 0 Å². The minimum absolute atomic E-state index is 0.0589. The molecule has 1 aromatic heterocycles. The molecule has 0 saturated heterocycles. The molecule has 0 amide bonds. The van der Waals surface area contributed by atoms with Crippen LogP contribution < -0.4 is 4.74 Å². The number of para-hydroxylation sites is 1. The molecule has 0 fully saturated rings. The van der Waals surface area contributed by atoms with Crippen molar-refractivity contribution in [3.05, 3.63) is 45.4 Å². The topological polar surface area (TPSA) is 42.4 Å². The number of aryl methyl sites for hydroxylation is 1. The van der Waals surface area contributed by atoms with Crippen LogP contribution in [0.15, 0.2) is 24.3 Å². The summed E-state index contributed by atoms with van der Waals surface area (Å²) in [7, 11) is 0. The lowest BCUT2D eigenvalue weighted by Gasteiger charge is -2.12. The van der Waals surface area contributed by atoms with E-state index in [-0.39, 0.29) is 6.61 Å². The molecule has 20 heavy (non-hydrogen) atoms. The number of aromatic nitrogens is 1. The van der Waals surface area contributed by atoms with Crippen molar-refractivity contribution >= 4 is 11.3 Å². The number of benzene rings is 1. The standard InChI is InChI=1S/C16H21NO2S/c1-4-13-15(9-18)20-16(17-13)10-19-14-8-6-5-7-12(14)11(2)3/h5-8,11,18H,4,9-10H2,1-3H3. The summed E-state index contributed by atoms with van der Waals surface area (Å²) < 4.78 is 5.91. The molecular weight excluding hydrogens is 270 g/mol. The number of aliphatic hydroxyl groups is 1. The van der Waals surface area contributed by atoms with Crippen molar-refractivity contribution in [1.82, 2.24) is 4.98 Å². The van der Waals surface area contributed by atoms with Gasteiger partial charge in [0, 0.05) is 0 Å². The number of nitrogens with zero attached hydrogens (tertiary/aromatic N) is 1. The summed E-state index contributed by atoms with van der Waals surface area (Å²) in [5, 5.41) is 10.2. The summed E-state index contributed by atoms with van der Waals surface area (Å²) in [6.07, 6.45) is 0.842. The molecule has 0 radical (unpaired) electrons. The van der Waals surface area contributed by atoms with Gasteiger partial charge in [0.25, 0.3) is 0 Å². The van der Waals surface area contributed by atoms with Crippen molar-refractivity contribution in [1.29, 1.82) is 0 Å². The van der Waals surface area contributed by atoms with Gasteiger partial charge >= 0.3 is 0 Å². The average molecular weight is 291 g/mol. The van der Waals surface area contributed by atoms with Gasteiger partial charge in [0.1, 0.15) is 17.4 Å². The zero-order valence-corrected chi connectivity index (χ0v) is 13.0. The number of thiazole rings is 1. The molecule has 0 bridgehead atoms. The molecule has 0 spiro atoms. The molecule has 0 aliphatic rings. The largest absolute Gasteiger partial charge is 0.486 e. The SMILES string of the molecule is CCc1nc(COc2ccccc2C(C)C)sc1CO. The lowest BCUT2D eigenvalue weighted by molar-refractivity contribution is 0.284. The number of ether oxygens (including phenoxy) is 1. The lowest BCUT2D eigenvalue weighted by Crippen LogP contribution is -1.99. The van der Waals surface area contributed by atoms with E-state index in [1.807, 2.05) is 25.1 Å². The second kappa shape index (κ2) is 6.86. The summed E-state index contributed by atoms with van der Waals surface area (Å²) in [5.41, 5.74) is 2.19. The van der Waals surface area contributed by atoms with Crippen LogP contribution in [-0.2, 0) is 19.6 Å². The van der Waals surface area contributed by atoms with Gasteiger partial charge < -0.3 is 9.84 Å². The van der Waals surface area contributed by atoms with Gasteiger partial charge in [-0.1, -0.05) is 39.0 Å². The van der Waals surface area contributed by atoms with Crippen LogP contribution >= 0.6 is 11.3 Å². The minimum Gasteiger partial charge on any atom is -0.486 e. The van der Waals surface area contributed by atoms with Crippen LogP contribution in [0.4, 0.5) is 0 Å². The van der Waals surface area contributed by atoms with E-state index in [9.17, 15) is 5.11 Å². The molecular formula is C16H21NO2S. The van der Waals surface area contributed by atoms with Crippen LogP contribution in [0, 0.1) is 0 Å². The molecule has 1 N–H and O–H groups in total. The van der Waals surface area contributed by atoms with E-state index in [0.29, 0.717) is 12.5 Å². The summed E-state index contributed by atoms with van der Waals surface area (Å²) in [5.74, 6) is 1.35. The summed E-state index contributed by atoms with van der Waals surface area (Å²) in [6, 6.07) is 8.11. The number of rotatable bonds is 6. The highest BCUT2D eigenvalue weighted by atomic mass is 32.1. The van der Waals surface area contributed by atoms with Gasteiger partial charge in [-0.25, -0.2) is 4.98 Å². The van der Waals surface area contributed by atoms with Crippen molar-refractivity contribution in [2.75, 3.05) is 0 Å². The summed E-state index contributed by atoms with van der Waals surface area (Å²) in [6.45, 7) is 6.88. The van der Waals surface area contributed by atoms with E-state index in [4.69, 9.17) is 4.74 Å². The van der Waals surface area contributed by atoms with E-state index in [1.165, 1.54) is 16.9 Å². The van der Waals surface area contributed by atoms with Gasteiger partial charge in [-0.3, -0.25) is 0 Å². The Morgan fingerprint density at radius 1 is 1.30 bits per heavy atom. The Balaban J connectivity index is 2.11. The highest BCUT2D eigenvalue weighted by Gasteiger charge is 2.11. The number of hydrogen-bond donors (Lipinski definition) is 1. The zero-order chi connectivity index (χ0) is 14.5. The fourth-order valence-electron chi connectivity index (χ4n) is 2.13. The first-order valence-corrected chi connectivity index (χ1v) is 7.77. The van der Waals surface area contributed by atoms with Gasteiger partial charge in [-0.2, -0.15) is 0 Å². The summed E-state index contributed by atoms with van der Waals surface area (Å²) >= 11 is 1.53. The first-order chi connectivity index (χ1) is 9.65. The Kier molecular flexibility index (Phi) is 5.15. The summed E-state index contributed by atoms with van der Waals surface area (Å²) in [4.78, 5) is 5.47. The van der Waals surface area contributed by atoms with Crippen molar-refractivity contribution in [3.8, 4) is 5.75 Å². The smallest absolute Gasteiger partial charge is 0.140 e. The molecule has 0 saturated carbocycles. The highest BCUT2D eigenvalue weighted by molar-refractivity contribution is 7.11. The second-order valence-electron chi connectivity index (χ2n) is 4.97. The van der Waals surface area contributed by atoms with E-state index < -0.39 is 0 Å². The minimum atomic E-state index is 0.0589. The van der Waals surface area contributed by atoms with Crippen molar-refractivity contribution < 1.29 is 9.84 Å². The molecule has 4 heteroatoms. The van der Waals surface area contributed by atoms with E-state index in [1.54, 1.807) is 0 Å². The predicted molar refractivity (Wildman–Crippen MR) is 82.3 cm³/mol. The normalized spacial score (nSPS) is 11.1. The highest BCUT2D eigenvalue weighted by Crippen LogP contribution is 2.27. The number of hydrogen-bond acceptors (Lipinski definition) is 4. The zero-order valence-electron chi connectivity index (χ0n) is 12.2. The molecule has 3 nitrogen and oxygen atoms in total. The van der Waals surface area contributed by atoms with Crippen LogP contribution in [0.1, 0.15) is 47.8 Å².